The molecule has 1 N–H and O–H groups in total. The van der Waals surface area contributed by atoms with Gasteiger partial charge in [-0.25, -0.2) is 12.7 Å². The van der Waals surface area contributed by atoms with Crippen molar-refractivity contribution in [2.45, 2.75) is 13.8 Å². The van der Waals surface area contributed by atoms with Crippen molar-refractivity contribution in [2.24, 2.45) is 11.8 Å². The van der Waals surface area contributed by atoms with Crippen LogP contribution in [0.4, 0.5) is 0 Å². The average Bonchev–Trinajstić information content (AvgIpc) is 2.26. The number of nitrogens with one attached hydrogen (secondary N) is 1. The Hall–Kier alpha value is -0.330. The number of hydrogen-bond acceptors (Lipinski definition) is 3. The van der Waals surface area contributed by atoms with Crippen molar-refractivity contribution in [1.82, 2.24) is 9.62 Å². The van der Waals surface area contributed by atoms with Crippen LogP contribution in [0.3, 0.4) is 0 Å². The summed E-state index contributed by atoms with van der Waals surface area (Å²) in [5, 5.41) is 2.49. The van der Waals surface area contributed by atoms with Crippen LogP contribution in [0.2, 0.25) is 0 Å². The third-order valence-electron chi connectivity index (χ3n) is 2.46. The molecule has 7 heteroatoms. The van der Waals surface area contributed by atoms with Gasteiger partial charge >= 0.3 is 0 Å². The molecule has 0 aliphatic rings. The highest BCUT2D eigenvalue weighted by Gasteiger charge is 2.24. The second kappa shape index (κ2) is 7.18. The van der Waals surface area contributed by atoms with Crippen molar-refractivity contribution >= 4 is 27.5 Å². The quantitative estimate of drug-likeness (QED) is 0.693. The van der Waals surface area contributed by atoms with Gasteiger partial charge in [0.1, 0.15) is 0 Å². The normalized spacial score (nSPS) is 15.6. The van der Waals surface area contributed by atoms with E-state index in [9.17, 15) is 13.2 Å². The standard InChI is InChI=1S/C10H21ClN2O3S/c1-8(5-11)7-17(15,16)13(4)6-9(2)10(14)12-3/h8-9H,5-7H2,1-4H3,(H,12,14). The highest BCUT2D eigenvalue weighted by Crippen LogP contribution is 2.09. The number of alkyl halides is 1. The van der Waals surface area contributed by atoms with E-state index < -0.39 is 10.0 Å². The van der Waals surface area contributed by atoms with E-state index in [0.717, 1.165) is 0 Å². The number of amides is 1. The summed E-state index contributed by atoms with van der Waals surface area (Å²) in [4.78, 5) is 11.3. The van der Waals surface area contributed by atoms with Crippen LogP contribution in [0, 0.1) is 11.8 Å². The molecule has 102 valence electrons. The Morgan fingerprint density at radius 2 is 1.94 bits per heavy atom. The van der Waals surface area contributed by atoms with Gasteiger partial charge in [-0.1, -0.05) is 13.8 Å². The summed E-state index contributed by atoms with van der Waals surface area (Å²) in [6.45, 7) is 3.65. The molecule has 0 aromatic rings. The van der Waals surface area contributed by atoms with E-state index in [-0.39, 0.29) is 30.0 Å². The lowest BCUT2D eigenvalue weighted by atomic mass is 10.2. The predicted molar refractivity (Wildman–Crippen MR) is 69.5 cm³/mol. The van der Waals surface area contributed by atoms with Gasteiger partial charge in [0.15, 0.2) is 0 Å². The zero-order valence-electron chi connectivity index (χ0n) is 10.7. The van der Waals surface area contributed by atoms with Crippen molar-refractivity contribution in [1.29, 1.82) is 0 Å². The molecule has 1 amide bonds. The third-order valence-corrected chi connectivity index (χ3v) is 5.07. The molecule has 0 fully saturated rings. The van der Waals surface area contributed by atoms with Gasteiger partial charge in [0.2, 0.25) is 15.9 Å². The molecule has 0 heterocycles. The number of carbonyl (C=O) groups is 1. The fourth-order valence-corrected chi connectivity index (χ4v) is 3.14. The monoisotopic (exact) mass is 284 g/mol. The molecule has 2 unspecified atom stereocenters. The lowest BCUT2D eigenvalue weighted by molar-refractivity contribution is -0.124. The first-order valence-corrected chi connectivity index (χ1v) is 7.60. The van der Waals surface area contributed by atoms with E-state index in [1.54, 1.807) is 13.8 Å². The van der Waals surface area contributed by atoms with Crippen LogP contribution in [-0.4, -0.2) is 50.9 Å². The van der Waals surface area contributed by atoms with E-state index in [1.807, 2.05) is 0 Å². The third kappa shape index (κ3) is 5.70. The van der Waals surface area contributed by atoms with Gasteiger partial charge < -0.3 is 5.32 Å². The van der Waals surface area contributed by atoms with Crippen molar-refractivity contribution in [3.63, 3.8) is 0 Å². The minimum atomic E-state index is -3.34. The van der Waals surface area contributed by atoms with Crippen LogP contribution in [0.5, 0.6) is 0 Å². The SMILES string of the molecule is CNC(=O)C(C)CN(C)S(=O)(=O)CC(C)CCl. The summed E-state index contributed by atoms with van der Waals surface area (Å²) >= 11 is 5.59. The summed E-state index contributed by atoms with van der Waals surface area (Å²) in [6, 6.07) is 0. The molecule has 17 heavy (non-hydrogen) atoms. The number of sulfonamides is 1. The highest BCUT2D eigenvalue weighted by molar-refractivity contribution is 7.89. The first kappa shape index (κ1) is 16.7. The maximum absolute atomic E-state index is 11.9. The van der Waals surface area contributed by atoms with Crippen LogP contribution in [-0.2, 0) is 14.8 Å². The Morgan fingerprint density at radius 3 is 2.35 bits per heavy atom. The first-order chi connectivity index (χ1) is 7.74. The Kier molecular flexibility index (Phi) is 7.04. The van der Waals surface area contributed by atoms with Gasteiger partial charge in [-0.3, -0.25) is 4.79 Å². The highest BCUT2D eigenvalue weighted by atomic mass is 35.5. The van der Waals surface area contributed by atoms with E-state index in [2.05, 4.69) is 5.32 Å². The molecule has 0 radical (unpaired) electrons. The molecule has 0 aliphatic carbocycles. The smallest absolute Gasteiger partial charge is 0.223 e. The van der Waals surface area contributed by atoms with Crippen LogP contribution in [0.25, 0.3) is 0 Å². The summed E-state index contributed by atoms with van der Waals surface area (Å²) in [5.41, 5.74) is 0. The van der Waals surface area contributed by atoms with Gasteiger partial charge in [-0.05, 0) is 5.92 Å². The molecule has 0 spiro atoms. The summed E-state index contributed by atoms with van der Waals surface area (Å²) in [6.07, 6.45) is 0. The van der Waals surface area contributed by atoms with Crippen molar-refractivity contribution < 1.29 is 13.2 Å². The van der Waals surface area contributed by atoms with Crippen molar-refractivity contribution in [3.8, 4) is 0 Å². The number of hydrogen-bond donors (Lipinski definition) is 1. The molecule has 5 nitrogen and oxygen atoms in total. The maximum Gasteiger partial charge on any atom is 0.223 e. The Morgan fingerprint density at radius 1 is 1.41 bits per heavy atom. The van der Waals surface area contributed by atoms with Gasteiger partial charge in [0, 0.05) is 32.4 Å². The predicted octanol–water partition coefficient (Wildman–Crippen LogP) is 0.505. The first-order valence-electron chi connectivity index (χ1n) is 5.46. The molecule has 0 aromatic carbocycles. The molecule has 0 aliphatic heterocycles. The second-order valence-corrected chi connectivity index (χ2v) is 6.76. The Balaban J connectivity index is 4.49. The summed E-state index contributed by atoms with van der Waals surface area (Å²) in [5.74, 6) is -0.325. The fraction of sp³-hybridized carbons (Fsp3) is 0.900. The van der Waals surface area contributed by atoms with E-state index in [0.29, 0.717) is 5.88 Å². The number of halogens is 1. The van der Waals surface area contributed by atoms with Gasteiger partial charge in [-0.2, -0.15) is 0 Å². The van der Waals surface area contributed by atoms with Crippen molar-refractivity contribution in [2.75, 3.05) is 32.3 Å². The number of rotatable bonds is 7. The largest absolute Gasteiger partial charge is 0.359 e. The molecule has 0 bridgehead atoms. The van der Waals surface area contributed by atoms with Crippen LogP contribution in [0.15, 0.2) is 0 Å². The molecule has 0 saturated carbocycles. The van der Waals surface area contributed by atoms with Crippen LogP contribution in [0.1, 0.15) is 13.8 Å². The number of carbonyl (C=O) groups excluding carboxylic acids is 1. The van der Waals surface area contributed by atoms with E-state index in [4.69, 9.17) is 11.6 Å². The summed E-state index contributed by atoms with van der Waals surface area (Å²) in [7, 11) is -0.327. The Bertz CT molecular complexity index is 345. The van der Waals surface area contributed by atoms with E-state index >= 15 is 0 Å². The van der Waals surface area contributed by atoms with Gasteiger partial charge in [0.25, 0.3) is 0 Å². The van der Waals surface area contributed by atoms with Gasteiger partial charge in [0.05, 0.1) is 5.75 Å². The van der Waals surface area contributed by atoms with E-state index in [1.165, 1.54) is 18.4 Å². The lowest BCUT2D eigenvalue weighted by Gasteiger charge is -2.21. The number of nitrogens with zero attached hydrogens (tertiary/aromatic N) is 1. The lowest BCUT2D eigenvalue weighted by Crippen LogP contribution is -2.39. The molecule has 0 rings (SSSR count). The molecule has 0 saturated heterocycles. The zero-order valence-corrected chi connectivity index (χ0v) is 12.3. The topological polar surface area (TPSA) is 66.5 Å². The second-order valence-electron chi connectivity index (χ2n) is 4.33. The van der Waals surface area contributed by atoms with Gasteiger partial charge in [-0.15, -0.1) is 11.6 Å². The molecule has 2 atom stereocenters. The molecule has 0 aromatic heterocycles. The molecular weight excluding hydrogens is 264 g/mol. The van der Waals surface area contributed by atoms with Crippen molar-refractivity contribution in [3.05, 3.63) is 0 Å². The minimum absolute atomic E-state index is 0.00740. The fourth-order valence-electron chi connectivity index (χ4n) is 1.36. The average molecular weight is 285 g/mol. The zero-order chi connectivity index (χ0) is 13.6. The maximum atomic E-state index is 11.9. The minimum Gasteiger partial charge on any atom is -0.359 e. The van der Waals surface area contributed by atoms with Crippen LogP contribution < -0.4 is 5.32 Å². The van der Waals surface area contributed by atoms with Crippen LogP contribution >= 0.6 is 11.6 Å². The molecular formula is C10H21ClN2O3S. The summed E-state index contributed by atoms with van der Waals surface area (Å²) < 4.78 is 25.0. The Labute approximate surface area is 109 Å².